The van der Waals surface area contributed by atoms with Crippen molar-refractivity contribution in [2.75, 3.05) is 0 Å². The lowest BCUT2D eigenvalue weighted by molar-refractivity contribution is 1.48. The van der Waals surface area contributed by atoms with Gasteiger partial charge in [0.15, 0.2) is 4.98 Å². The normalized spacial score (nSPS) is 9.82. The third-order valence-corrected chi connectivity index (χ3v) is 2.84. The largest absolute Gasteiger partial charge is 0.400 e. The van der Waals surface area contributed by atoms with Gasteiger partial charge in [-0.3, -0.25) is 0 Å². The second-order valence-corrected chi connectivity index (χ2v) is 3.77. The molecule has 0 aliphatic carbocycles. The number of hydrogen-bond donors (Lipinski definition) is 0. The topological polar surface area (TPSA) is 28.1 Å². The van der Waals surface area contributed by atoms with Crippen molar-refractivity contribution in [2.24, 2.45) is 0 Å². The summed E-state index contributed by atoms with van der Waals surface area (Å²) in [6.07, 6.45) is 0. The summed E-state index contributed by atoms with van der Waals surface area (Å²) in [6.45, 7) is 0. The van der Waals surface area contributed by atoms with Crippen LogP contribution in [0.4, 0.5) is 5.69 Å². The lowest BCUT2D eigenvalue weighted by Crippen LogP contribution is -1.76. The van der Waals surface area contributed by atoms with Gasteiger partial charge in [0.2, 0.25) is 5.39 Å². The molecule has 82 valence electrons. The predicted octanol–water partition coefficient (Wildman–Crippen LogP) is 5.11. The molecule has 0 unspecified atom stereocenters. The van der Waals surface area contributed by atoms with Gasteiger partial charge < -0.3 is 0 Å². The highest BCUT2D eigenvalue weighted by Gasteiger charge is 2.16. The van der Waals surface area contributed by atoms with Crippen molar-refractivity contribution in [2.45, 2.75) is 7.43 Å². The molecular formula is C15H13N2+. The Bertz CT molecular complexity index is 670. The molecule has 2 heteroatoms. The number of nitrogens with zero attached hydrogens (tertiary/aromatic N) is 2. The molecule has 0 amide bonds. The van der Waals surface area contributed by atoms with E-state index in [1.54, 1.807) is 0 Å². The third kappa shape index (κ3) is 1.62. The first kappa shape index (κ1) is 11.1. The molecule has 0 saturated carbocycles. The Morgan fingerprint density at radius 2 is 1.24 bits per heavy atom. The van der Waals surface area contributed by atoms with Crippen molar-refractivity contribution in [1.82, 2.24) is 0 Å². The fourth-order valence-corrected chi connectivity index (χ4v) is 2.10. The van der Waals surface area contributed by atoms with Crippen LogP contribution < -0.4 is 0 Å². The van der Waals surface area contributed by atoms with Gasteiger partial charge in [-0.15, -0.1) is 0 Å². The molecule has 0 atom stereocenters. The highest BCUT2D eigenvalue weighted by Crippen LogP contribution is 2.34. The fourth-order valence-electron chi connectivity index (χ4n) is 2.10. The van der Waals surface area contributed by atoms with Crippen molar-refractivity contribution in [3.8, 4) is 0 Å². The fraction of sp³-hybridized carbons (Fsp3) is 0.0667. The van der Waals surface area contributed by atoms with E-state index >= 15 is 0 Å². The van der Waals surface area contributed by atoms with Gasteiger partial charge in [0.1, 0.15) is 0 Å². The average molecular weight is 221 g/mol. The van der Waals surface area contributed by atoms with Crippen LogP contribution >= 0.6 is 0 Å². The van der Waals surface area contributed by atoms with Gasteiger partial charge in [-0.1, -0.05) is 43.8 Å². The summed E-state index contributed by atoms with van der Waals surface area (Å²) >= 11 is 0. The van der Waals surface area contributed by atoms with Crippen LogP contribution in [0.25, 0.3) is 26.5 Å². The number of rotatable bonds is 0. The SMILES string of the molecule is C.N#[N+]c1c2ccccc2cc2ccccc12. The molecular weight excluding hydrogens is 208 g/mol. The molecule has 3 aromatic rings. The summed E-state index contributed by atoms with van der Waals surface area (Å²) < 4.78 is 0. The summed E-state index contributed by atoms with van der Waals surface area (Å²) in [5, 5.41) is 13.3. The van der Waals surface area contributed by atoms with Gasteiger partial charge in [0.25, 0.3) is 0 Å². The maximum atomic E-state index is 9.16. The summed E-state index contributed by atoms with van der Waals surface area (Å²) in [5.74, 6) is 0. The lowest BCUT2D eigenvalue weighted by atomic mass is 10.0. The molecule has 0 saturated heterocycles. The van der Waals surface area contributed by atoms with Gasteiger partial charge in [0, 0.05) is 0 Å². The monoisotopic (exact) mass is 221 g/mol. The number of fused-ring (bicyclic) bond motifs is 2. The Labute approximate surface area is 100 Å². The summed E-state index contributed by atoms with van der Waals surface area (Å²) in [4.78, 5) is 3.43. The molecule has 0 heterocycles. The minimum absolute atomic E-state index is 0. The maximum Gasteiger partial charge on any atom is 0.400 e. The Balaban J connectivity index is 0.00000108. The van der Waals surface area contributed by atoms with Gasteiger partial charge in [-0.2, -0.15) is 0 Å². The van der Waals surface area contributed by atoms with E-state index in [0.29, 0.717) is 5.69 Å². The second-order valence-electron chi connectivity index (χ2n) is 3.77. The minimum Gasteiger partial charge on any atom is -0.0776 e. The number of diazo groups is 1. The van der Waals surface area contributed by atoms with Crippen molar-refractivity contribution >= 4 is 27.2 Å². The molecule has 17 heavy (non-hydrogen) atoms. The molecule has 0 bridgehead atoms. The zero-order chi connectivity index (χ0) is 11.0. The van der Waals surface area contributed by atoms with E-state index in [2.05, 4.69) is 11.0 Å². The highest BCUT2D eigenvalue weighted by atomic mass is 14.9. The van der Waals surface area contributed by atoms with Crippen LogP contribution in [0.3, 0.4) is 0 Å². The summed E-state index contributed by atoms with van der Waals surface area (Å²) in [5.41, 5.74) is 0.647. The van der Waals surface area contributed by atoms with E-state index in [1.807, 2.05) is 48.5 Å². The number of benzene rings is 3. The Morgan fingerprint density at radius 1 is 0.765 bits per heavy atom. The first-order valence-corrected chi connectivity index (χ1v) is 5.16. The minimum atomic E-state index is 0. The first-order valence-electron chi connectivity index (χ1n) is 5.16. The lowest BCUT2D eigenvalue weighted by Gasteiger charge is -1.98. The van der Waals surface area contributed by atoms with Gasteiger partial charge >= 0.3 is 5.69 Å². The van der Waals surface area contributed by atoms with E-state index in [4.69, 9.17) is 5.39 Å². The smallest absolute Gasteiger partial charge is 0.0776 e. The number of hydrogen-bond acceptors (Lipinski definition) is 1. The Morgan fingerprint density at radius 3 is 1.71 bits per heavy atom. The van der Waals surface area contributed by atoms with Crippen LogP contribution in [0.1, 0.15) is 7.43 Å². The van der Waals surface area contributed by atoms with Crippen LogP contribution in [-0.2, 0) is 0 Å². The molecule has 0 aliphatic heterocycles. The summed E-state index contributed by atoms with van der Waals surface area (Å²) in [7, 11) is 0. The van der Waals surface area contributed by atoms with Crippen molar-refractivity contribution < 1.29 is 0 Å². The van der Waals surface area contributed by atoms with Gasteiger partial charge in [0.05, 0.1) is 10.8 Å². The van der Waals surface area contributed by atoms with Crippen molar-refractivity contribution in [3.05, 3.63) is 59.6 Å². The molecule has 0 N–H and O–H groups in total. The van der Waals surface area contributed by atoms with Crippen molar-refractivity contribution in [1.29, 1.82) is 5.39 Å². The van der Waals surface area contributed by atoms with E-state index in [9.17, 15) is 0 Å². The van der Waals surface area contributed by atoms with E-state index in [-0.39, 0.29) is 7.43 Å². The predicted molar refractivity (Wildman–Crippen MR) is 72.9 cm³/mol. The zero-order valence-corrected chi connectivity index (χ0v) is 8.59. The van der Waals surface area contributed by atoms with Crippen LogP contribution in [0.5, 0.6) is 0 Å². The molecule has 0 fully saturated rings. The Hall–Kier alpha value is -2.40. The molecule has 3 aromatic carbocycles. The summed E-state index contributed by atoms with van der Waals surface area (Å²) in [6, 6.07) is 18.0. The highest BCUT2D eigenvalue weighted by molar-refractivity contribution is 6.11. The quantitative estimate of drug-likeness (QED) is 0.383. The van der Waals surface area contributed by atoms with Gasteiger partial charge in [-0.25, -0.2) is 0 Å². The first-order chi connectivity index (χ1) is 7.90. The Kier molecular flexibility index (Phi) is 2.76. The van der Waals surface area contributed by atoms with Crippen LogP contribution in [0.2, 0.25) is 0 Å². The average Bonchev–Trinajstić information content (AvgIpc) is 2.36. The van der Waals surface area contributed by atoms with E-state index in [0.717, 1.165) is 21.5 Å². The van der Waals surface area contributed by atoms with Gasteiger partial charge in [-0.05, 0) is 29.0 Å². The second kappa shape index (κ2) is 4.23. The van der Waals surface area contributed by atoms with Crippen LogP contribution in [0, 0.1) is 5.39 Å². The van der Waals surface area contributed by atoms with Crippen LogP contribution in [0.15, 0.2) is 54.6 Å². The molecule has 0 spiro atoms. The molecule has 0 aromatic heterocycles. The molecule has 0 radical (unpaired) electrons. The molecule has 3 rings (SSSR count). The maximum absolute atomic E-state index is 9.16. The van der Waals surface area contributed by atoms with Crippen molar-refractivity contribution in [3.63, 3.8) is 0 Å². The standard InChI is InChI=1S/C14H9N2.CH4/c15-16-14-12-7-3-1-5-10(12)9-11-6-2-4-8-13(11)14;/h1-9H;1H4/q+1;. The van der Waals surface area contributed by atoms with Crippen LogP contribution in [-0.4, -0.2) is 0 Å². The van der Waals surface area contributed by atoms with E-state index in [1.165, 1.54) is 0 Å². The van der Waals surface area contributed by atoms with E-state index < -0.39 is 0 Å². The zero-order valence-electron chi connectivity index (χ0n) is 8.59. The molecule has 0 aliphatic rings. The third-order valence-electron chi connectivity index (χ3n) is 2.84. The molecule has 2 nitrogen and oxygen atoms in total.